The zero-order chi connectivity index (χ0) is 23.4. The minimum absolute atomic E-state index is 0.0565. The Morgan fingerprint density at radius 3 is 2.47 bits per heavy atom. The molecule has 0 amide bonds. The molecule has 6 rings (SSSR count). The Morgan fingerprint density at radius 1 is 0.971 bits per heavy atom. The molecule has 34 heavy (non-hydrogen) atoms. The van der Waals surface area contributed by atoms with E-state index in [4.69, 9.17) is 10.1 Å². The van der Waals surface area contributed by atoms with Gasteiger partial charge in [0.25, 0.3) is 5.56 Å². The summed E-state index contributed by atoms with van der Waals surface area (Å²) in [4.78, 5) is 25.4. The van der Waals surface area contributed by atoms with Gasteiger partial charge >= 0.3 is 0 Å². The first kappa shape index (κ1) is 21.5. The molecule has 0 atom stereocenters. The Kier molecular flexibility index (Phi) is 5.25. The summed E-state index contributed by atoms with van der Waals surface area (Å²) in [6, 6.07) is 6.66. The summed E-state index contributed by atoms with van der Waals surface area (Å²) >= 11 is 0. The van der Waals surface area contributed by atoms with E-state index in [1.54, 1.807) is 10.5 Å². The van der Waals surface area contributed by atoms with Crippen molar-refractivity contribution in [2.24, 2.45) is 0 Å². The van der Waals surface area contributed by atoms with Crippen molar-refractivity contribution >= 4 is 11.2 Å². The van der Waals surface area contributed by atoms with Crippen molar-refractivity contribution in [3.8, 4) is 11.4 Å². The van der Waals surface area contributed by atoms with E-state index in [-0.39, 0.29) is 5.56 Å². The predicted molar refractivity (Wildman–Crippen MR) is 133 cm³/mol. The number of pyridine rings is 1. The van der Waals surface area contributed by atoms with Gasteiger partial charge in [-0.1, -0.05) is 19.4 Å². The van der Waals surface area contributed by atoms with Crippen molar-refractivity contribution in [2.75, 3.05) is 13.1 Å². The standard InChI is InChI=1S/C27H32N6O/c1-4-22-25-13-24(30-33(25)15-18(3)28-22)23-14-26(34)32-16-20(12-17(2)27(32)29-23)19-8-10-31(11-9-19)21-6-5-7-21/h12-16,19,21H,4-11H2,1-3H3. The highest BCUT2D eigenvalue weighted by molar-refractivity contribution is 5.67. The van der Waals surface area contributed by atoms with E-state index in [0.717, 1.165) is 47.8 Å². The smallest absolute Gasteiger partial charge is 0.258 e. The third-order valence-electron chi connectivity index (χ3n) is 7.81. The molecule has 2 aliphatic rings. The Labute approximate surface area is 199 Å². The Bertz CT molecular complexity index is 1440. The van der Waals surface area contributed by atoms with Crippen LogP contribution in [-0.2, 0) is 6.42 Å². The molecule has 0 radical (unpaired) electrons. The molecule has 0 unspecified atom stereocenters. The van der Waals surface area contributed by atoms with Crippen LogP contribution in [0.2, 0.25) is 0 Å². The molecule has 1 saturated carbocycles. The van der Waals surface area contributed by atoms with Crippen molar-refractivity contribution < 1.29 is 0 Å². The number of fused-ring (bicyclic) bond motifs is 2. The molecule has 0 N–H and O–H groups in total. The number of hydrogen-bond donors (Lipinski definition) is 0. The maximum atomic E-state index is 13.2. The number of rotatable bonds is 4. The minimum atomic E-state index is -0.0565. The molecular formula is C27H32N6O. The second-order valence-electron chi connectivity index (χ2n) is 10.1. The molecule has 4 aromatic heterocycles. The van der Waals surface area contributed by atoms with Gasteiger partial charge in [-0.05, 0) is 82.2 Å². The molecule has 1 aliphatic carbocycles. The second-order valence-corrected chi connectivity index (χ2v) is 10.1. The molecule has 176 valence electrons. The topological polar surface area (TPSA) is 67.8 Å². The van der Waals surface area contributed by atoms with E-state index in [9.17, 15) is 4.79 Å². The van der Waals surface area contributed by atoms with Crippen molar-refractivity contribution in [2.45, 2.75) is 71.3 Å². The van der Waals surface area contributed by atoms with Crippen molar-refractivity contribution in [3.05, 3.63) is 63.5 Å². The van der Waals surface area contributed by atoms with Crippen LogP contribution in [0.5, 0.6) is 0 Å². The molecule has 0 bridgehead atoms. The van der Waals surface area contributed by atoms with Crippen LogP contribution in [0, 0.1) is 13.8 Å². The lowest BCUT2D eigenvalue weighted by atomic mass is 9.85. The molecule has 1 saturated heterocycles. The van der Waals surface area contributed by atoms with E-state index in [1.807, 2.05) is 29.9 Å². The fraction of sp³-hybridized carbons (Fsp3) is 0.481. The van der Waals surface area contributed by atoms with Crippen molar-refractivity contribution in [1.82, 2.24) is 28.9 Å². The largest absolute Gasteiger partial charge is 0.300 e. The molecule has 7 nitrogen and oxygen atoms in total. The van der Waals surface area contributed by atoms with Crippen LogP contribution in [0.3, 0.4) is 0 Å². The van der Waals surface area contributed by atoms with Gasteiger partial charge in [0.2, 0.25) is 0 Å². The minimum Gasteiger partial charge on any atom is -0.300 e. The third-order valence-corrected chi connectivity index (χ3v) is 7.81. The molecule has 0 spiro atoms. The highest BCUT2D eigenvalue weighted by Gasteiger charge is 2.29. The fourth-order valence-corrected chi connectivity index (χ4v) is 5.67. The van der Waals surface area contributed by atoms with Gasteiger partial charge in [0, 0.05) is 18.3 Å². The maximum Gasteiger partial charge on any atom is 0.258 e. The lowest BCUT2D eigenvalue weighted by Gasteiger charge is -2.42. The molecule has 2 fully saturated rings. The SMILES string of the molecule is CCc1nc(C)cn2nc(-c3cc(=O)n4cc(C5CCN(C6CCC6)CC5)cc(C)c4n3)cc12. The summed E-state index contributed by atoms with van der Waals surface area (Å²) in [6.45, 7) is 8.46. The second kappa shape index (κ2) is 8.31. The van der Waals surface area contributed by atoms with Crippen LogP contribution >= 0.6 is 0 Å². The summed E-state index contributed by atoms with van der Waals surface area (Å²) in [5.41, 5.74) is 7.15. The summed E-state index contributed by atoms with van der Waals surface area (Å²) < 4.78 is 3.58. The van der Waals surface area contributed by atoms with E-state index < -0.39 is 0 Å². The van der Waals surface area contributed by atoms with Gasteiger partial charge in [-0.3, -0.25) is 14.2 Å². The first-order valence-electron chi connectivity index (χ1n) is 12.6. The van der Waals surface area contributed by atoms with Crippen molar-refractivity contribution in [3.63, 3.8) is 0 Å². The number of aryl methyl sites for hydroxylation is 3. The summed E-state index contributed by atoms with van der Waals surface area (Å²) in [7, 11) is 0. The maximum absolute atomic E-state index is 13.2. The first-order valence-corrected chi connectivity index (χ1v) is 12.6. The molecule has 1 aliphatic heterocycles. The number of likely N-dealkylation sites (tertiary alicyclic amines) is 1. The third kappa shape index (κ3) is 3.63. The quantitative estimate of drug-likeness (QED) is 0.458. The monoisotopic (exact) mass is 456 g/mol. The zero-order valence-electron chi connectivity index (χ0n) is 20.3. The number of nitrogens with zero attached hydrogens (tertiary/aromatic N) is 6. The Hall–Kier alpha value is -3.06. The first-order chi connectivity index (χ1) is 16.5. The summed E-state index contributed by atoms with van der Waals surface area (Å²) in [5.74, 6) is 0.507. The van der Waals surface area contributed by atoms with E-state index in [2.05, 4.69) is 29.8 Å². The van der Waals surface area contributed by atoms with Gasteiger partial charge < -0.3 is 4.90 Å². The van der Waals surface area contributed by atoms with E-state index in [1.165, 1.54) is 37.9 Å². The van der Waals surface area contributed by atoms with Gasteiger partial charge in [-0.2, -0.15) is 5.10 Å². The lowest BCUT2D eigenvalue weighted by Crippen LogP contribution is -2.44. The van der Waals surface area contributed by atoms with Crippen LogP contribution < -0.4 is 5.56 Å². The van der Waals surface area contributed by atoms with Crippen LogP contribution in [0.15, 0.2) is 35.4 Å². The van der Waals surface area contributed by atoms with Crippen LogP contribution in [0.4, 0.5) is 0 Å². The Morgan fingerprint density at radius 2 is 1.76 bits per heavy atom. The molecule has 4 aromatic rings. The average molecular weight is 457 g/mol. The average Bonchev–Trinajstić information content (AvgIpc) is 3.22. The van der Waals surface area contributed by atoms with E-state index in [0.29, 0.717) is 23.0 Å². The molecule has 7 heteroatoms. The van der Waals surface area contributed by atoms with Crippen LogP contribution in [-0.4, -0.2) is 48.0 Å². The lowest BCUT2D eigenvalue weighted by molar-refractivity contribution is 0.0975. The van der Waals surface area contributed by atoms with Gasteiger partial charge in [-0.25, -0.2) is 9.50 Å². The van der Waals surface area contributed by atoms with Gasteiger partial charge in [-0.15, -0.1) is 0 Å². The predicted octanol–water partition coefficient (Wildman–Crippen LogP) is 4.32. The summed E-state index contributed by atoms with van der Waals surface area (Å²) in [6.07, 6.45) is 11.2. The van der Waals surface area contributed by atoms with E-state index >= 15 is 0 Å². The van der Waals surface area contributed by atoms with Crippen molar-refractivity contribution in [1.29, 1.82) is 0 Å². The highest BCUT2D eigenvalue weighted by Crippen LogP contribution is 2.33. The van der Waals surface area contributed by atoms with Gasteiger partial charge in [0.05, 0.1) is 28.8 Å². The number of piperidine rings is 1. The van der Waals surface area contributed by atoms with Crippen LogP contribution in [0.25, 0.3) is 22.6 Å². The number of hydrogen-bond acceptors (Lipinski definition) is 5. The van der Waals surface area contributed by atoms with Gasteiger partial charge in [0.1, 0.15) is 11.3 Å². The summed E-state index contributed by atoms with van der Waals surface area (Å²) in [5, 5.41) is 4.72. The van der Waals surface area contributed by atoms with Gasteiger partial charge in [0.15, 0.2) is 0 Å². The Balaban J connectivity index is 1.34. The number of aromatic nitrogens is 5. The highest BCUT2D eigenvalue weighted by atomic mass is 16.1. The fourth-order valence-electron chi connectivity index (χ4n) is 5.67. The normalized spacial score (nSPS) is 18.1. The van der Waals surface area contributed by atoms with Crippen LogP contribution in [0.1, 0.15) is 67.5 Å². The zero-order valence-corrected chi connectivity index (χ0v) is 20.3. The molecular weight excluding hydrogens is 424 g/mol. The molecule has 5 heterocycles. The molecule has 0 aromatic carbocycles.